The zero-order valence-electron chi connectivity index (χ0n) is 13.6. The van der Waals surface area contributed by atoms with Gasteiger partial charge in [0.25, 0.3) is 10.0 Å². The summed E-state index contributed by atoms with van der Waals surface area (Å²) in [7, 11) is -2.55. The van der Waals surface area contributed by atoms with Crippen LogP contribution in [0.1, 0.15) is 24.0 Å². The minimum absolute atomic E-state index is 0.0103. The van der Waals surface area contributed by atoms with Crippen LogP contribution < -0.4 is 0 Å². The Balaban J connectivity index is 1.89. The number of nitrogens with zero attached hydrogens (tertiary/aromatic N) is 1. The Morgan fingerprint density at radius 2 is 1.64 bits per heavy atom. The van der Waals surface area contributed by atoms with Crippen LogP contribution in [-0.4, -0.2) is 30.7 Å². The van der Waals surface area contributed by atoms with Crippen molar-refractivity contribution in [1.29, 1.82) is 0 Å². The molecule has 2 aromatic rings. The van der Waals surface area contributed by atoms with Crippen LogP contribution in [0.5, 0.6) is 0 Å². The van der Waals surface area contributed by atoms with E-state index in [0.717, 1.165) is 9.87 Å². The maximum Gasteiger partial charge on any atom is 0.265 e. The van der Waals surface area contributed by atoms with Gasteiger partial charge in [0.15, 0.2) is 11.5 Å². The van der Waals surface area contributed by atoms with Crippen LogP contribution in [0.2, 0.25) is 0 Å². The van der Waals surface area contributed by atoms with Crippen LogP contribution in [-0.2, 0) is 20.2 Å². The second-order valence-corrected chi connectivity index (χ2v) is 8.38. The van der Waals surface area contributed by atoms with Gasteiger partial charge in [0.1, 0.15) is 5.70 Å². The SMILES string of the molecule is CN1C(C(=O)C2(c3ccccc3)CC2)=C(O)c2ccccc2S1(=O)=O. The fourth-order valence-electron chi connectivity index (χ4n) is 3.44. The summed E-state index contributed by atoms with van der Waals surface area (Å²) in [5.41, 5.74) is 0.124. The average molecular weight is 355 g/mol. The number of sulfonamides is 1. The molecule has 4 rings (SSSR count). The van der Waals surface area contributed by atoms with Crippen molar-refractivity contribution >= 4 is 21.6 Å². The van der Waals surface area contributed by atoms with E-state index in [1.54, 1.807) is 12.1 Å². The Kier molecular flexibility index (Phi) is 3.30. The molecule has 0 aromatic heterocycles. The number of rotatable bonds is 3. The molecule has 1 N–H and O–H groups in total. The first-order valence-electron chi connectivity index (χ1n) is 8.01. The van der Waals surface area contributed by atoms with Gasteiger partial charge in [-0.2, -0.15) is 0 Å². The molecule has 0 atom stereocenters. The Labute approximate surface area is 146 Å². The molecule has 0 spiro atoms. The highest BCUT2D eigenvalue weighted by molar-refractivity contribution is 7.89. The maximum absolute atomic E-state index is 13.3. The fourth-order valence-corrected chi connectivity index (χ4v) is 4.84. The summed E-state index contributed by atoms with van der Waals surface area (Å²) in [6, 6.07) is 15.5. The lowest BCUT2D eigenvalue weighted by atomic mass is 9.88. The van der Waals surface area contributed by atoms with Crippen molar-refractivity contribution in [2.24, 2.45) is 0 Å². The number of allylic oxidation sites excluding steroid dienone is 1. The van der Waals surface area contributed by atoms with Crippen LogP contribution in [0.4, 0.5) is 0 Å². The van der Waals surface area contributed by atoms with E-state index in [1.807, 2.05) is 30.3 Å². The molecule has 0 radical (unpaired) electrons. The van der Waals surface area contributed by atoms with Crippen molar-refractivity contribution < 1.29 is 18.3 Å². The lowest BCUT2D eigenvalue weighted by Gasteiger charge is -2.30. The molecular weight excluding hydrogens is 338 g/mol. The number of likely N-dealkylation sites (N-methyl/N-ethyl adjacent to an activating group) is 1. The smallest absolute Gasteiger partial charge is 0.265 e. The van der Waals surface area contributed by atoms with E-state index in [1.165, 1.54) is 19.2 Å². The summed E-state index contributed by atoms with van der Waals surface area (Å²) in [6.07, 6.45) is 1.28. The molecule has 1 heterocycles. The molecule has 1 aliphatic carbocycles. The van der Waals surface area contributed by atoms with Crippen LogP contribution in [0.3, 0.4) is 0 Å². The summed E-state index contributed by atoms with van der Waals surface area (Å²) in [5, 5.41) is 10.7. The molecular formula is C19H17NO4S. The van der Waals surface area contributed by atoms with E-state index in [9.17, 15) is 18.3 Å². The minimum atomic E-state index is -3.87. The number of carbonyl (C=O) groups is 1. The fraction of sp³-hybridized carbons (Fsp3) is 0.211. The highest BCUT2D eigenvalue weighted by Crippen LogP contribution is 2.52. The van der Waals surface area contributed by atoms with E-state index in [2.05, 4.69) is 0 Å². The van der Waals surface area contributed by atoms with Gasteiger partial charge in [0.2, 0.25) is 0 Å². The Bertz CT molecular complexity index is 1000. The van der Waals surface area contributed by atoms with Gasteiger partial charge in [0, 0.05) is 12.6 Å². The first-order chi connectivity index (χ1) is 11.9. The third kappa shape index (κ3) is 2.14. The van der Waals surface area contributed by atoms with Crippen molar-refractivity contribution in [3.05, 3.63) is 71.4 Å². The highest BCUT2D eigenvalue weighted by Gasteiger charge is 2.55. The van der Waals surface area contributed by atoms with Crippen LogP contribution in [0, 0.1) is 0 Å². The van der Waals surface area contributed by atoms with Crippen molar-refractivity contribution in [2.45, 2.75) is 23.2 Å². The summed E-state index contributed by atoms with van der Waals surface area (Å²) in [4.78, 5) is 13.3. The third-order valence-corrected chi connectivity index (χ3v) is 6.86. The zero-order chi connectivity index (χ0) is 17.8. The number of benzene rings is 2. The van der Waals surface area contributed by atoms with Gasteiger partial charge < -0.3 is 5.11 Å². The number of aliphatic hydroxyl groups excluding tert-OH is 1. The lowest BCUT2D eigenvalue weighted by Crippen LogP contribution is -2.38. The van der Waals surface area contributed by atoms with Crippen molar-refractivity contribution in [3.8, 4) is 0 Å². The second kappa shape index (κ2) is 5.20. The molecule has 2 aromatic carbocycles. The quantitative estimate of drug-likeness (QED) is 0.919. The topological polar surface area (TPSA) is 74.7 Å². The predicted octanol–water partition coefficient (Wildman–Crippen LogP) is 2.85. The number of aliphatic hydroxyl groups is 1. The standard InChI is InChI=1S/C19H17NO4S/c1-20-16(17(21)14-9-5-6-10-15(14)25(20,23)24)18(22)19(11-12-19)13-7-3-2-4-8-13/h2-10,21H,11-12H2,1H3. The van der Waals surface area contributed by atoms with Gasteiger partial charge in [-0.15, -0.1) is 0 Å². The summed E-state index contributed by atoms with van der Waals surface area (Å²) in [6.45, 7) is 0. The van der Waals surface area contributed by atoms with Gasteiger partial charge in [-0.3, -0.25) is 9.10 Å². The van der Waals surface area contributed by atoms with Crippen LogP contribution in [0.15, 0.2) is 65.2 Å². The third-order valence-electron chi connectivity index (χ3n) is 5.05. The highest BCUT2D eigenvalue weighted by atomic mass is 32.2. The lowest BCUT2D eigenvalue weighted by molar-refractivity contribution is -0.118. The Hall–Kier alpha value is -2.60. The predicted molar refractivity (Wildman–Crippen MR) is 93.3 cm³/mol. The van der Waals surface area contributed by atoms with Crippen molar-refractivity contribution in [3.63, 3.8) is 0 Å². The molecule has 6 heteroatoms. The molecule has 25 heavy (non-hydrogen) atoms. The first kappa shape index (κ1) is 15.9. The molecule has 0 amide bonds. The second-order valence-electron chi connectivity index (χ2n) is 6.44. The monoisotopic (exact) mass is 355 g/mol. The molecule has 0 unspecified atom stereocenters. The van der Waals surface area contributed by atoms with E-state index in [-0.39, 0.29) is 27.7 Å². The summed E-state index contributed by atoms with van der Waals surface area (Å²) >= 11 is 0. The molecule has 1 saturated carbocycles. The zero-order valence-corrected chi connectivity index (χ0v) is 14.5. The van der Waals surface area contributed by atoms with Gasteiger partial charge in [-0.1, -0.05) is 42.5 Å². The van der Waals surface area contributed by atoms with Crippen molar-refractivity contribution in [1.82, 2.24) is 4.31 Å². The van der Waals surface area contributed by atoms with Crippen LogP contribution >= 0.6 is 0 Å². The van der Waals surface area contributed by atoms with E-state index in [4.69, 9.17) is 0 Å². The van der Waals surface area contributed by atoms with E-state index in [0.29, 0.717) is 12.8 Å². The molecule has 5 nitrogen and oxygen atoms in total. The maximum atomic E-state index is 13.3. The van der Waals surface area contributed by atoms with Gasteiger partial charge in [-0.25, -0.2) is 8.42 Å². The number of fused-ring (bicyclic) bond motifs is 1. The molecule has 0 bridgehead atoms. The van der Waals surface area contributed by atoms with Crippen molar-refractivity contribution in [2.75, 3.05) is 7.05 Å². The van der Waals surface area contributed by atoms with E-state index >= 15 is 0 Å². The summed E-state index contributed by atoms with van der Waals surface area (Å²) < 4.78 is 26.5. The normalized spacial score (nSPS) is 20.1. The number of ketones is 1. The molecule has 2 aliphatic rings. The molecule has 128 valence electrons. The molecule has 0 saturated heterocycles. The number of hydrogen-bond acceptors (Lipinski definition) is 4. The average Bonchev–Trinajstić information content (AvgIpc) is 3.43. The molecule has 1 aliphatic heterocycles. The number of hydrogen-bond donors (Lipinski definition) is 1. The van der Waals surface area contributed by atoms with Crippen LogP contribution in [0.25, 0.3) is 5.76 Å². The first-order valence-corrected chi connectivity index (χ1v) is 9.45. The molecule has 1 fully saturated rings. The van der Waals surface area contributed by atoms with Gasteiger partial charge >= 0.3 is 0 Å². The largest absolute Gasteiger partial charge is 0.505 e. The Morgan fingerprint density at radius 1 is 1.04 bits per heavy atom. The van der Waals surface area contributed by atoms with Gasteiger partial charge in [0.05, 0.1) is 10.3 Å². The summed E-state index contributed by atoms with van der Waals surface area (Å²) in [5.74, 6) is -0.628. The minimum Gasteiger partial charge on any atom is -0.505 e. The van der Waals surface area contributed by atoms with Gasteiger partial charge in [-0.05, 0) is 30.5 Å². The number of carbonyl (C=O) groups excluding carboxylic acids is 1. The Morgan fingerprint density at radius 3 is 2.28 bits per heavy atom. The van der Waals surface area contributed by atoms with E-state index < -0.39 is 15.4 Å². The number of Topliss-reactive ketones (excluding diaryl/α,β-unsaturated/α-hetero) is 1.